The molecule has 6 rings (SSSR count). The third kappa shape index (κ3) is 3.70. The predicted molar refractivity (Wildman–Crippen MR) is 121 cm³/mol. The van der Waals surface area contributed by atoms with E-state index < -0.39 is 0 Å². The van der Waals surface area contributed by atoms with Crippen molar-refractivity contribution in [1.29, 1.82) is 0 Å². The third-order valence-corrected chi connectivity index (χ3v) is 6.20. The number of hydrogen-bond donors (Lipinski definition) is 1. The molecule has 2 fully saturated rings. The fourth-order valence-corrected chi connectivity index (χ4v) is 4.38. The summed E-state index contributed by atoms with van der Waals surface area (Å²) >= 11 is 0. The first-order valence-corrected chi connectivity index (χ1v) is 11.1. The topological polar surface area (TPSA) is 97.2 Å². The van der Waals surface area contributed by atoms with Crippen molar-refractivity contribution in [2.24, 2.45) is 0 Å². The van der Waals surface area contributed by atoms with E-state index in [9.17, 15) is 0 Å². The summed E-state index contributed by atoms with van der Waals surface area (Å²) in [4.78, 5) is 22.1. The Morgan fingerprint density at radius 3 is 2.59 bits per heavy atom. The molecule has 2 aliphatic heterocycles. The zero-order valence-electron chi connectivity index (χ0n) is 17.9. The highest BCUT2D eigenvalue weighted by molar-refractivity contribution is 5.93. The van der Waals surface area contributed by atoms with Crippen molar-refractivity contribution in [1.82, 2.24) is 34.6 Å². The number of anilines is 1. The molecule has 0 bridgehead atoms. The summed E-state index contributed by atoms with van der Waals surface area (Å²) in [6, 6.07) is 6.18. The van der Waals surface area contributed by atoms with Gasteiger partial charge in [-0.15, -0.1) is 0 Å². The number of nitrogens with one attached hydrogen (secondary N) is 1. The smallest absolute Gasteiger partial charge is 0.228 e. The fourth-order valence-electron chi connectivity index (χ4n) is 4.38. The largest absolute Gasteiger partial charge is 0.379 e. The van der Waals surface area contributed by atoms with Gasteiger partial charge in [0.15, 0.2) is 5.65 Å². The van der Waals surface area contributed by atoms with E-state index in [1.807, 2.05) is 16.9 Å². The Bertz CT molecular complexity index is 1220. The minimum atomic E-state index is 0.688. The molecular weight excluding hydrogens is 408 g/mol. The summed E-state index contributed by atoms with van der Waals surface area (Å²) in [5.41, 5.74) is 4.71. The maximum absolute atomic E-state index is 5.54. The van der Waals surface area contributed by atoms with Crippen LogP contribution in [0.3, 0.4) is 0 Å². The van der Waals surface area contributed by atoms with Gasteiger partial charge in [-0.25, -0.2) is 14.6 Å². The molecule has 0 aliphatic carbocycles. The molecule has 10 heteroatoms. The lowest BCUT2D eigenvalue weighted by atomic mass is 10.1. The Hall–Kier alpha value is -3.08. The number of hydrogen-bond acceptors (Lipinski definition) is 8. The predicted octanol–water partition coefficient (Wildman–Crippen LogP) is 1.54. The van der Waals surface area contributed by atoms with Crippen molar-refractivity contribution >= 4 is 28.0 Å². The number of aromatic amines is 1. The molecule has 5 heterocycles. The highest BCUT2D eigenvalue weighted by Gasteiger charge is 2.20. The molecule has 0 spiro atoms. The number of H-pyrrole nitrogens is 1. The molecule has 3 aromatic heterocycles. The quantitative estimate of drug-likeness (QED) is 0.505. The van der Waals surface area contributed by atoms with E-state index in [1.165, 1.54) is 0 Å². The van der Waals surface area contributed by atoms with Crippen LogP contribution in [0.5, 0.6) is 0 Å². The van der Waals surface area contributed by atoms with Gasteiger partial charge in [-0.1, -0.05) is 6.07 Å². The number of morpholine rings is 2. The van der Waals surface area contributed by atoms with E-state index in [1.54, 1.807) is 6.33 Å². The molecule has 4 aromatic rings. The Balaban J connectivity index is 1.41. The Labute approximate surface area is 185 Å². The minimum Gasteiger partial charge on any atom is -0.379 e. The molecule has 2 aliphatic rings. The second-order valence-electron chi connectivity index (χ2n) is 8.17. The minimum absolute atomic E-state index is 0.688. The van der Waals surface area contributed by atoms with Crippen LogP contribution in [0.25, 0.3) is 33.3 Å². The van der Waals surface area contributed by atoms with E-state index >= 15 is 0 Å². The number of ether oxygens (including phenoxy) is 2. The van der Waals surface area contributed by atoms with Gasteiger partial charge < -0.3 is 19.4 Å². The van der Waals surface area contributed by atoms with Crippen molar-refractivity contribution in [3.05, 3.63) is 30.7 Å². The molecular formula is C22H26N8O2. The highest BCUT2D eigenvalue weighted by Crippen LogP contribution is 2.30. The number of fused-ring (bicyclic) bond motifs is 2. The molecule has 1 aromatic carbocycles. The number of rotatable bonds is 5. The van der Waals surface area contributed by atoms with Gasteiger partial charge in [-0.05, 0) is 12.1 Å². The van der Waals surface area contributed by atoms with Gasteiger partial charge in [0.1, 0.15) is 0 Å². The molecule has 166 valence electrons. The molecule has 2 saturated heterocycles. The van der Waals surface area contributed by atoms with Gasteiger partial charge in [-0.3, -0.25) is 4.90 Å². The Kier molecular flexibility index (Phi) is 5.18. The summed E-state index contributed by atoms with van der Waals surface area (Å²) in [5, 5.41) is 5.66. The summed E-state index contributed by atoms with van der Waals surface area (Å²) in [7, 11) is 0. The number of imidazole rings is 1. The van der Waals surface area contributed by atoms with E-state index in [-0.39, 0.29) is 0 Å². The molecule has 1 N–H and O–H groups in total. The van der Waals surface area contributed by atoms with Gasteiger partial charge >= 0.3 is 0 Å². The summed E-state index contributed by atoms with van der Waals surface area (Å²) in [6.45, 7) is 8.16. The molecule has 0 amide bonds. The van der Waals surface area contributed by atoms with Crippen LogP contribution >= 0.6 is 0 Å². The molecule has 0 atom stereocenters. The second kappa shape index (κ2) is 8.45. The van der Waals surface area contributed by atoms with Crippen molar-refractivity contribution < 1.29 is 9.47 Å². The van der Waals surface area contributed by atoms with Crippen molar-refractivity contribution in [2.45, 2.75) is 6.54 Å². The SMILES string of the molecule is c1nc2ccc(-c3nc(N4CCOCC4)nc4c3cnn4CCN3CCOCC3)cc2[nH]1. The van der Waals surface area contributed by atoms with E-state index in [0.717, 1.165) is 91.8 Å². The molecule has 0 saturated carbocycles. The van der Waals surface area contributed by atoms with E-state index in [4.69, 9.17) is 24.5 Å². The molecule has 32 heavy (non-hydrogen) atoms. The zero-order chi connectivity index (χ0) is 21.3. The van der Waals surface area contributed by atoms with Gasteiger partial charge in [-0.2, -0.15) is 10.1 Å². The summed E-state index contributed by atoms with van der Waals surface area (Å²) < 4.78 is 13.0. The van der Waals surface area contributed by atoms with Gasteiger partial charge in [0.05, 0.1) is 67.6 Å². The number of aromatic nitrogens is 6. The first kappa shape index (κ1) is 19.6. The standard InChI is InChI=1S/C22H26N8O2/c1-2-18-19(24-15-23-18)13-16(1)20-17-14-25-30(4-3-28-5-9-31-10-6-28)21(17)27-22(26-20)29-7-11-32-12-8-29/h1-2,13-15H,3-12H2,(H,23,24). The van der Waals surface area contributed by atoms with Crippen molar-refractivity contribution in [3.63, 3.8) is 0 Å². The van der Waals surface area contributed by atoms with E-state index in [0.29, 0.717) is 13.2 Å². The van der Waals surface area contributed by atoms with Crippen LogP contribution in [-0.4, -0.2) is 93.8 Å². The van der Waals surface area contributed by atoms with Crippen molar-refractivity contribution in [2.75, 3.05) is 64.1 Å². The zero-order valence-corrected chi connectivity index (χ0v) is 17.9. The average molecular weight is 435 g/mol. The monoisotopic (exact) mass is 434 g/mol. The lowest BCUT2D eigenvalue weighted by molar-refractivity contribution is 0.0361. The fraction of sp³-hybridized carbons (Fsp3) is 0.455. The maximum Gasteiger partial charge on any atom is 0.228 e. The molecule has 10 nitrogen and oxygen atoms in total. The van der Waals surface area contributed by atoms with Gasteiger partial charge in [0, 0.05) is 38.3 Å². The second-order valence-corrected chi connectivity index (χ2v) is 8.17. The lowest BCUT2D eigenvalue weighted by Gasteiger charge is -2.27. The summed E-state index contributed by atoms with van der Waals surface area (Å²) in [5.74, 6) is 0.730. The lowest BCUT2D eigenvalue weighted by Crippen LogP contribution is -2.38. The normalized spacial score (nSPS) is 18.1. The summed E-state index contributed by atoms with van der Waals surface area (Å²) in [6.07, 6.45) is 3.61. The first-order valence-electron chi connectivity index (χ1n) is 11.1. The van der Waals surface area contributed by atoms with Crippen LogP contribution in [0.1, 0.15) is 0 Å². The third-order valence-electron chi connectivity index (χ3n) is 6.20. The Morgan fingerprint density at radius 1 is 0.938 bits per heavy atom. The Morgan fingerprint density at radius 2 is 1.75 bits per heavy atom. The number of benzene rings is 1. The number of nitrogens with zero attached hydrogens (tertiary/aromatic N) is 7. The van der Waals surface area contributed by atoms with Gasteiger partial charge in [0.2, 0.25) is 5.95 Å². The van der Waals surface area contributed by atoms with Crippen LogP contribution in [0.2, 0.25) is 0 Å². The maximum atomic E-state index is 5.54. The average Bonchev–Trinajstić information content (AvgIpc) is 3.50. The highest BCUT2D eigenvalue weighted by atomic mass is 16.5. The van der Waals surface area contributed by atoms with Crippen LogP contribution in [-0.2, 0) is 16.0 Å². The molecule has 0 unspecified atom stereocenters. The van der Waals surface area contributed by atoms with E-state index in [2.05, 4.69) is 31.9 Å². The van der Waals surface area contributed by atoms with Gasteiger partial charge in [0.25, 0.3) is 0 Å². The first-order chi connectivity index (χ1) is 15.8. The van der Waals surface area contributed by atoms with Crippen molar-refractivity contribution in [3.8, 4) is 11.3 Å². The van der Waals surface area contributed by atoms with Crippen LogP contribution < -0.4 is 4.90 Å². The van der Waals surface area contributed by atoms with Crippen LogP contribution in [0.4, 0.5) is 5.95 Å². The van der Waals surface area contributed by atoms with Crippen LogP contribution in [0, 0.1) is 0 Å². The van der Waals surface area contributed by atoms with Crippen LogP contribution in [0.15, 0.2) is 30.7 Å². The molecule has 0 radical (unpaired) electrons.